The Morgan fingerprint density at radius 2 is 2.50 bits per heavy atom. The molecule has 0 radical (unpaired) electrons. The Morgan fingerprint density at radius 3 is 3.08 bits per heavy atom. The molecule has 0 bridgehead atoms. The third-order valence-corrected chi connectivity index (χ3v) is 1.76. The molecule has 0 aliphatic heterocycles. The molecule has 1 atom stereocenters. The summed E-state index contributed by atoms with van der Waals surface area (Å²) in [6, 6.07) is 0.171. The van der Waals surface area contributed by atoms with Gasteiger partial charge in [0.15, 0.2) is 5.89 Å². The van der Waals surface area contributed by atoms with Gasteiger partial charge in [-0.15, -0.1) is 0 Å². The zero-order chi connectivity index (χ0) is 8.97. The topological polar surface area (TPSA) is 58.3 Å². The monoisotopic (exact) mass is 170 g/mol. The van der Waals surface area contributed by atoms with Gasteiger partial charge in [-0.05, 0) is 14.0 Å². The lowest BCUT2D eigenvalue weighted by atomic mass is 10.3. The molecular formula is C8H14N2O2. The highest BCUT2D eigenvalue weighted by atomic mass is 16.4. The Kier molecular flexibility index (Phi) is 3.25. The third-order valence-electron chi connectivity index (χ3n) is 1.76. The van der Waals surface area contributed by atoms with E-state index in [4.69, 9.17) is 9.52 Å². The second-order valence-corrected chi connectivity index (χ2v) is 2.64. The van der Waals surface area contributed by atoms with Crippen molar-refractivity contribution < 1.29 is 9.52 Å². The van der Waals surface area contributed by atoms with Crippen LogP contribution in [0.3, 0.4) is 0 Å². The number of aromatic nitrogens is 1. The molecule has 1 aromatic heterocycles. The summed E-state index contributed by atoms with van der Waals surface area (Å²) >= 11 is 0. The maximum atomic E-state index is 8.61. The van der Waals surface area contributed by atoms with Gasteiger partial charge in [-0.25, -0.2) is 4.98 Å². The highest BCUT2D eigenvalue weighted by molar-refractivity contribution is 4.99. The van der Waals surface area contributed by atoms with E-state index in [0.717, 1.165) is 5.76 Å². The van der Waals surface area contributed by atoms with Crippen molar-refractivity contribution in [1.29, 1.82) is 0 Å². The molecule has 0 aliphatic carbocycles. The van der Waals surface area contributed by atoms with Crippen LogP contribution in [0.25, 0.3) is 0 Å². The van der Waals surface area contributed by atoms with Crippen molar-refractivity contribution in [3.8, 4) is 0 Å². The summed E-state index contributed by atoms with van der Waals surface area (Å²) in [5.74, 6) is 1.40. The van der Waals surface area contributed by atoms with Crippen molar-refractivity contribution in [3.63, 3.8) is 0 Å². The van der Waals surface area contributed by atoms with Gasteiger partial charge in [-0.1, -0.05) is 0 Å². The maximum absolute atomic E-state index is 8.61. The van der Waals surface area contributed by atoms with Crippen molar-refractivity contribution >= 4 is 0 Å². The van der Waals surface area contributed by atoms with Gasteiger partial charge in [-0.2, -0.15) is 0 Å². The second kappa shape index (κ2) is 4.23. The predicted octanol–water partition coefficient (Wildman–Crippen LogP) is 0.490. The summed E-state index contributed by atoms with van der Waals surface area (Å²) in [5.41, 5.74) is 0. The lowest BCUT2D eigenvalue weighted by Crippen LogP contribution is -2.11. The summed E-state index contributed by atoms with van der Waals surface area (Å²) < 4.78 is 5.34. The first-order valence-corrected chi connectivity index (χ1v) is 4.00. The lowest BCUT2D eigenvalue weighted by Gasteiger charge is -2.03. The number of oxazole rings is 1. The first-order valence-electron chi connectivity index (χ1n) is 4.00. The number of rotatable bonds is 4. The highest BCUT2D eigenvalue weighted by Gasteiger charge is 2.08. The average molecular weight is 170 g/mol. The Balaban J connectivity index is 2.63. The van der Waals surface area contributed by atoms with E-state index in [2.05, 4.69) is 10.3 Å². The Labute approximate surface area is 71.6 Å². The van der Waals surface area contributed by atoms with Crippen LogP contribution in [-0.4, -0.2) is 23.7 Å². The van der Waals surface area contributed by atoms with Crippen molar-refractivity contribution in [2.24, 2.45) is 0 Å². The van der Waals surface area contributed by atoms with Crippen LogP contribution in [0.15, 0.2) is 10.6 Å². The minimum atomic E-state index is 0.0773. The third kappa shape index (κ3) is 2.06. The molecule has 0 spiro atoms. The average Bonchev–Trinajstić information content (AvgIpc) is 2.52. The van der Waals surface area contributed by atoms with Crippen molar-refractivity contribution in [2.75, 3.05) is 13.7 Å². The first kappa shape index (κ1) is 9.22. The van der Waals surface area contributed by atoms with Crippen LogP contribution in [0, 0.1) is 0 Å². The lowest BCUT2D eigenvalue weighted by molar-refractivity contribution is 0.281. The largest absolute Gasteiger partial charge is 0.444 e. The molecule has 1 heterocycles. The van der Waals surface area contributed by atoms with E-state index in [-0.39, 0.29) is 12.6 Å². The van der Waals surface area contributed by atoms with Gasteiger partial charge >= 0.3 is 0 Å². The quantitative estimate of drug-likeness (QED) is 0.690. The van der Waals surface area contributed by atoms with Crippen LogP contribution in [0.4, 0.5) is 0 Å². The van der Waals surface area contributed by atoms with Crippen LogP contribution >= 0.6 is 0 Å². The number of hydrogen-bond acceptors (Lipinski definition) is 4. The molecule has 4 nitrogen and oxygen atoms in total. The van der Waals surface area contributed by atoms with E-state index in [0.29, 0.717) is 12.3 Å². The molecule has 0 aliphatic rings. The van der Waals surface area contributed by atoms with E-state index in [1.54, 1.807) is 6.20 Å². The highest BCUT2D eigenvalue weighted by Crippen LogP contribution is 2.12. The molecule has 0 saturated carbocycles. The molecular weight excluding hydrogens is 156 g/mol. The SMILES string of the molecule is CNC(C)c1cnc(CCO)o1. The standard InChI is InChI=1S/C8H14N2O2/c1-6(9-2)7-5-10-8(12-7)3-4-11/h5-6,9,11H,3-4H2,1-2H3. The van der Waals surface area contributed by atoms with Crippen LogP contribution in [0.5, 0.6) is 0 Å². The van der Waals surface area contributed by atoms with Crippen molar-refractivity contribution in [2.45, 2.75) is 19.4 Å². The number of nitrogens with zero attached hydrogens (tertiary/aromatic N) is 1. The van der Waals surface area contributed by atoms with E-state index in [1.807, 2.05) is 14.0 Å². The Bertz CT molecular complexity index is 235. The van der Waals surface area contributed by atoms with Crippen molar-refractivity contribution in [1.82, 2.24) is 10.3 Å². The van der Waals surface area contributed by atoms with Gasteiger partial charge in [0.2, 0.25) is 0 Å². The van der Waals surface area contributed by atoms with Gasteiger partial charge in [0.05, 0.1) is 18.8 Å². The van der Waals surface area contributed by atoms with Gasteiger partial charge in [-0.3, -0.25) is 0 Å². The van der Waals surface area contributed by atoms with E-state index in [1.165, 1.54) is 0 Å². The van der Waals surface area contributed by atoms with Gasteiger partial charge in [0.25, 0.3) is 0 Å². The van der Waals surface area contributed by atoms with Crippen LogP contribution < -0.4 is 5.32 Å². The maximum Gasteiger partial charge on any atom is 0.196 e. The first-order chi connectivity index (χ1) is 5.77. The molecule has 0 amide bonds. The van der Waals surface area contributed by atoms with Gasteiger partial charge in [0.1, 0.15) is 5.76 Å². The van der Waals surface area contributed by atoms with Gasteiger partial charge in [0, 0.05) is 6.42 Å². The number of aliphatic hydroxyl groups is 1. The normalized spacial score (nSPS) is 13.2. The minimum absolute atomic E-state index is 0.0773. The smallest absolute Gasteiger partial charge is 0.196 e. The molecule has 1 aromatic rings. The fourth-order valence-electron chi connectivity index (χ4n) is 0.878. The van der Waals surface area contributed by atoms with Crippen molar-refractivity contribution in [3.05, 3.63) is 17.8 Å². The molecule has 2 N–H and O–H groups in total. The summed E-state index contributed by atoms with van der Waals surface area (Å²) in [5, 5.41) is 11.6. The Hall–Kier alpha value is -0.870. The number of nitrogens with one attached hydrogen (secondary N) is 1. The molecule has 1 unspecified atom stereocenters. The summed E-state index contributed by atoms with van der Waals surface area (Å²) in [4.78, 5) is 4.01. The minimum Gasteiger partial charge on any atom is -0.444 e. The fourth-order valence-corrected chi connectivity index (χ4v) is 0.878. The molecule has 0 fully saturated rings. The van der Waals surface area contributed by atoms with E-state index in [9.17, 15) is 0 Å². The predicted molar refractivity (Wildman–Crippen MR) is 44.8 cm³/mol. The molecule has 4 heteroatoms. The van der Waals surface area contributed by atoms with Crippen LogP contribution in [0.1, 0.15) is 24.6 Å². The number of aliphatic hydroxyl groups excluding tert-OH is 1. The zero-order valence-corrected chi connectivity index (χ0v) is 7.37. The van der Waals surface area contributed by atoms with Gasteiger partial charge < -0.3 is 14.8 Å². The molecule has 12 heavy (non-hydrogen) atoms. The second-order valence-electron chi connectivity index (χ2n) is 2.64. The van der Waals surface area contributed by atoms with Crippen LogP contribution in [0.2, 0.25) is 0 Å². The summed E-state index contributed by atoms with van der Waals surface area (Å²) in [7, 11) is 1.86. The van der Waals surface area contributed by atoms with E-state index < -0.39 is 0 Å². The zero-order valence-electron chi connectivity index (χ0n) is 7.37. The van der Waals surface area contributed by atoms with Crippen LogP contribution in [-0.2, 0) is 6.42 Å². The summed E-state index contributed by atoms with van der Waals surface area (Å²) in [6.45, 7) is 2.07. The molecule has 0 saturated heterocycles. The molecule has 68 valence electrons. The fraction of sp³-hybridized carbons (Fsp3) is 0.625. The number of hydrogen-bond donors (Lipinski definition) is 2. The molecule has 1 rings (SSSR count). The summed E-state index contributed by atoms with van der Waals surface area (Å²) in [6.07, 6.45) is 2.17. The molecule has 0 aromatic carbocycles. The van der Waals surface area contributed by atoms with E-state index >= 15 is 0 Å². The Morgan fingerprint density at radius 1 is 1.75 bits per heavy atom.